The molecule has 0 radical (unpaired) electrons. The molecule has 1 aliphatic rings. The predicted octanol–water partition coefficient (Wildman–Crippen LogP) is 1.57. The second-order valence-electron chi connectivity index (χ2n) is 4.02. The van der Waals surface area contributed by atoms with Gasteiger partial charge in [-0.25, -0.2) is 0 Å². The molecule has 0 amide bonds. The molecule has 0 atom stereocenters. The van der Waals surface area contributed by atoms with Gasteiger partial charge in [0.15, 0.2) is 0 Å². The fourth-order valence-corrected chi connectivity index (χ4v) is 1.55. The van der Waals surface area contributed by atoms with Crippen LogP contribution in [0.4, 0.5) is 0 Å². The summed E-state index contributed by atoms with van der Waals surface area (Å²) in [7, 11) is 3.87. The lowest BCUT2D eigenvalue weighted by Crippen LogP contribution is -2.22. The van der Waals surface area contributed by atoms with Crippen molar-refractivity contribution in [1.29, 1.82) is 0 Å². The molecule has 1 fully saturated rings. The molecule has 16 heavy (non-hydrogen) atoms. The zero-order valence-electron chi connectivity index (χ0n) is 9.59. The summed E-state index contributed by atoms with van der Waals surface area (Å²) in [5.41, 5.74) is 1.16. The molecule has 0 aromatic carbocycles. The molecule has 0 spiro atoms. The van der Waals surface area contributed by atoms with E-state index in [1.807, 2.05) is 43.5 Å². The van der Waals surface area contributed by atoms with Gasteiger partial charge in [0.1, 0.15) is 13.2 Å². The molecule has 0 saturated carbocycles. The van der Waals surface area contributed by atoms with Crippen molar-refractivity contribution in [3.63, 3.8) is 0 Å². The molecule has 2 rings (SSSR count). The molecule has 0 unspecified atom stereocenters. The average Bonchev–Trinajstić information content (AvgIpc) is 2.30. The van der Waals surface area contributed by atoms with Crippen molar-refractivity contribution in [2.24, 2.45) is 0 Å². The molecule has 1 aromatic heterocycles. The molecule has 1 aliphatic heterocycles. The smallest absolute Gasteiger partial charge is 0.295 e. The summed E-state index contributed by atoms with van der Waals surface area (Å²) in [5, 5.41) is 0. The molecule has 2 heterocycles. The summed E-state index contributed by atoms with van der Waals surface area (Å²) in [6.45, 7) is 1.29. The van der Waals surface area contributed by atoms with E-state index in [1.165, 1.54) is 0 Å². The molecule has 1 aromatic rings. The highest BCUT2D eigenvalue weighted by Gasteiger charge is 2.20. The van der Waals surface area contributed by atoms with Crippen molar-refractivity contribution in [1.82, 2.24) is 9.88 Å². The number of hydrogen-bond acceptors (Lipinski definition) is 4. The van der Waals surface area contributed by atoms with Gasteiger partial charge in [-0.2, -0.15) is 0 Å². The highest BCUT2D eigenvalue weighted by atomic mass is 16.7. The Morgan fingerprint density at radius 3 is 2.69 bits per heavy atom. The van der Waals surface area contributed by atoms with Crippen LogP contribution in [0, 0.1) is 0 Å². The third-order valence-electron chi connectivity index (χ3n) is 2.37. The van der Waals surface area contributed by atoms with Gasteiger partial charge in [0.25, 0.3) is 5.95 Å². The molecular weight excluding hydrogens is 204 g/mol. The lowest BCUT2D eigenvalue weighted by Gasteiger charge is -2.26. The van der Waals surface area contributed by atoms with Gasteiger partial charge >= 0.3 is 0 Å². The van der Waals surface area contributed by atoms with Crippen LogP contribution in [0.5, 0.6) is 0 Å². The maximum Gasteiger partial charge on any atom is 0.295 e. The Balaban J connectivity index is 1.96. The van der Waals surface area contributed by atoms with Gasteiger partial charge in [0, 0.05) is 26.5 Å². The molecule has 86 valence electrons. The zero-order chi connectivity index (χ0) is 11.4. The number of aromatic nitrogens is 1. The number of hydrogen-bond donors (Lipinski definition) is 0. The Hall–Kier alpha value is -1.71. The Labute approximate surface area is 95.5 Å². The minimum absolute atomic E-state index is 0.271. The summed E-state index contributed by atoms with van der Waals surface area (Å²) < 4.78 is 11.1. The molecule has 4 nitrogen and oxygen atoms in total. The van der Waals surface area contributed by atoms with Crippen LogP contribution in [-0.4, -0.2) is 37.2 Å². The zero-order valence-corrected chi connectivity index (χ0v) is 9.59. The summed E-state index contributed by atoms with van der Waals surface area (Å²) in [5.74, 6) is 0.859. The lowest BCUT2D eigenvalue weighted by atomic mass is 10.0. The van der Waals surface area contributed by atoms with Crippen LogP contribution in [0.25, 0.3) is 0 Å². The summed E-state index contributed by atoms with van der Waals surface area (Å²) >= 11 is 0. The largest absolute Gasteiger partial charge is 0.464 e. The van der Waals surface area contributed by atoms with E-state index in [0.717, 1.165) is 5.56 Å². The highest BCUT2D eigenvalue weighted by molar-refractivity contribution is 5.15. The standard InChI is InChI=1S/C12H16N2O2/c1-14(2)7-12-15-8-11(9-16-12)10-4-3-5-13-6-10/h3-7,11H,8-9H2,1-2H3. The van der Waals surface area contributed by atoms with Crippen molar-refractivity contribution < 1.29 is 9.47 Å². The molecule has 0 bridgehead atoms. The third kappa shape index (κ3) is 2.66. The van der Waals surface area contributed by atoms with E-state index in [1.54, 1.807) is 6.20 Å². The summed E-state index contributed by atoms with van der Waals surface area (Å²) in [6, 6.07) is 3.98. The maximum absolute atomic E-state index is 5.53. The molecule has 0 aliphatic carbocycles. The van der Waals surface area contributed by atoms with Crippen LogP contribution < -0.4 is 0 Å². The van der Waals surface area contributed by atoms with Crippen LogP contribution in [0.1, 0.15) is 11.5 Å². The van der Waals surface area contributed by atoms with E-state index in [2.05, 4.69) is 4.98 Å². The first-order chi connectivity index (χ1) is 7.75. The topological polar surface area (TPSA) is 34.6 Å². The second kappa shape index (κ2) is 4.88. The van der Waals surface area contributed by atoms with Crippen LogP contribution in [0.15, 0.2) is 36.7 Å². The Kier molecular flexibility index (Phi) is 3.29. The fraction of sp³-hybridized carbons (Fsp3) is 0.417. The second-order valence-corrected chi connectivity index (χ2v) is 4.02. The molecule has 1 saturated heterocycles. The van der Waals surface area contributed by atoms with Crippen molar-refractivity contribution in [2.45, 2.75) is 5.92 Å². The number of ether oxygens (including phenoxy) is 2. The highest BCUT2D eigenvalue weighted by Crippen LogP contribution is 2.22. The first-order valence-electron chi connectivity index (χ1n) is 5.29. The average molecular weight is 220 g/mol. The van der Waals surface area contributed by atoms with Gasteiger partial charge in [-0.3, -0.25) is 4.98 Å². The lowest BCUT2D eigenvalue weighted by molar-refractivity contribution is -0.0318. The minimum Gasteiger partial charge on any atom is -0.464 e. The van der Waals surface area contributed by atoms with Crippen LogP contribution in [-0.2, 0) is 9.47 Å². The van der Waals surface area contributed by atoms with Gasteiger partial charge in [0.2, 0.25) is 0 Å². The quantitative estimate of drug-likeness (QED) is 0.757. The van der Waals surface area contributed by atoms with Crippen molar-refractivity contribution in [3.05, 3.63) is 42.2 Å². The van der Waals surface area contributed by atoms with E-state index >= 15 is 0 Å². The van der Waals surface area contributed by atoms with E-state index in [4.69, 9.17) is 9.47 Å². The Morgan fingerprint density at radius 1 is 1.38 bits per heavy atom. The number of rotatable bonds is 2. The minimum atomic E-state index is 0.271. The van der Waals surface area contributed by atoms with Crippen molar-refractivity contribution in [2.75, 3.05) is 27.3 Å². The fourth-order valence-electron chi connectivity index (χ4n) is 1.55. The maximum atomic E-state index is 5.53. The monoisotopic (exact) mass is 220 g/mol. The van der Waals surface area contributed by atoms with Crippen LogP contribution in [0.2, 0.25) is 0 Å². The summed E-state index contributed by atoms with van der Waals surface area (Å²) in [4.78, 5) is 6.00. The first kappa shape index (κ1) is 10.8. The van der Waals surface area contributed by atoms with Gasteiger partial charge in [-0.05, 0) is 11.6 Å². The van der Waals surface area contributed by atoms with Gasteiger partial charge in [-0.1, -0.05) is 6.07 Å². The van der Waals surface area contributed by atoms with Crippen LogP contribution >= 0.6 is 0 Å². The number of nitrogens with zero attached hydrogens (tertiary/aromatic N) is 2. The van der Waals surface area contributed by atoms with E-state index in [9.17, 15) is 0 Å². The Bertz CT molecular complexity index is 353. The van der Waals surface area contributed by atoms with E-state index in [0.29, 0.717) is 19.2 Å². The van der Waals surface area contributed by atoms with E-state index < -0.39 is 0 Å². The van der Waals surface area contributed by atoms with Gasteiger partial charge in [-0.15, -0.1) is 0 Å². The van der Waals surface area contributed by atoms with Crippen LogP contribution in [0.3, 0.4) is 0 Å². The third-order valence-corrected chi connectivity index (χ3v) is 2.37. The van der Waals surface area contributed by atoms with Gasteiger partial charge in [0.05, 0.1) is 12.1 Å². The molecule has 4 heteroatoms. The molecular formula is C12H16N2O2. The van der Waals surface area contributed by atoms with E-state index in [-0.39, 0.29) is 5.92 Å². The summed E-state index contributed by atoms with van der Waals surface area (Å²) in [6.07, 6.45) is 5.46. The van der Waals surface area contributed by atoms with Gasteiger partial charge < -0.3 is 14.4 Å². The normalized spacial score (nSPS) is 19.6. The van der Waals surface area contributed by atoms with Crippen molar-refractivity contribution in [3.8, 4) is 0 Å². The predicted molar refractivity (Wildman–Crippen MR) is 60.7 cm³/mol. The Morgan fingerprint density at radius 2 is 2.12 bits per heavy atom. The van der Waals surface area contributed by atoms with Crippen molar-refractivity contribution >= 4 is 0 Å². The number of pyridine rings is 1. The first-order valence-corrected chi connectivity index (χ1v) is 5.29. The SMILES string of the molecule is CN(C)C=C1OCC(c2cccnc2)CO1. The molecule has 0 N–H and O–H groups in total.